The molecule has 0 saturated heterocycles. The van der Waals surface area contributed by atoms with E-state index in [-0.39, 0.29) is 0 Å². The van der Waals surface area contributed by atoms with Crippen LogP contribution >= 0.6 is 11.6 Å². The number of halogens is 1. The molecule has 31 heavy (non-hydrogen) atoms. The monoisotopic (exact) mass is 435 g/mol. The molecule has 2 N–H and O–H groups in total. The Balaban J connectivity index is 1.57. The molecule has 0 spiro atoms. The van der Waals surface area contributed by atoms with Crippen LogP contribution in [0.25, 0.3) is 11.2 Å². The normalized spacial score (nSPS) is 10.8. The summed E-state index contributed by atoms with van der Waals surface area (Å²) < 4.78 is 7.28. The van der Waals surface area contributed by atoms with Gasteiger partial charge in [-0.1, -0.05) is 35.9 Å². The number of benzene rings is 2. The molecular formula is C23H22ClN5O2. The average molecular weight is 436 g/mol. The van der Waals surface area contributed by atoms with E-state index in [4.69, 9.17) is 21.3 Å². The van der Waals surface area contributed by atoms with Gasteiger partial charge in [0.1, 0.15) is 17.1 Å². The van der Waals surface area contributed by atoms with Gasteiger partial charge in [-0.2, -0.15) is 0 Å². The zero-order valence-electron chi connectivity index (χ0n) is 17.4. The number of hydrogen-bond acceptors (Lipinski definition) is 4. The van der Waals surface area contributed by atoms with Crippen molar-refractivity contribution >= 4 is 40.2 Å². The third-order valence-corrected chi connectivity index (χ3v) is 5.30. The van der Waals surface area contributed by atoms with Crippen LogP contribution in [0.3, 0.4) is 0 Å². The number of rotatable bonds is 5. The third kappa shape index (κ3) is 4.46. The third-order valence-electron chi connectivity index (χ3n) is 4.97. The van der Waals surface area contributed by atoms with E-state index in [1.165, 1.54) is 0 Å². The fourth-order valence-corrected chi connectivity index (χ4v) is 3.50. The minimum Gasteiger partial charge on any atom is -0.497 e. The zero-order chi connectivity index (χ0) is 22.0. The molecule has 0 radical (unpaired) electrons. The van der Waals surface area contributed by atoms with Crippen LogP contribution in [-0.2, 0) is 6.54 Å². The quantitative estimate of drug-likeness (QED) is 0.439. The van der Waals surface area contributed by atoms with Gasteiger partial charge in [0.05, 0.1) is 35.7 Å². The van der Waals surface area contributed by atoms with E-state index in [2.05, 4.69) is 20.2 Å². The number of hydrogen-bond donors (Lipinski definition) is 2. The van der Waals surface area contributed by atoms with Crippen LogP contribution in [0.4, 0.5) is 16.2 Å². The molecule has 0 saturated carbocycles. The number of aromatic nitrogens is 3. The molecule has 2 amide bonds. The number of urea groups is 1. The number of carbonyl (C=O) groups excluding carboxylic acids is 1. The number of pyridine rings is 1. The highest BCUT2D eigenvalue weighted by Crippen LogP contribution is 2.24. The molecule has 0 unspecified atom stereocenters. The van der Waals surface area contributed by atoms with E-state index in [9.17, 15) is 4.79 Å². The van der Waals surface area contributed by atoms with Crippen LogP contribution < -0.4 is 15.4 Å². The van der Waals surface area contributed by atoms with Gasteiger partial charge in [-0.15, -0.1) is 0 Å². The van der Waals surface area contributed by atoms with Crippen molar-refractivity contribution < 1.29 is 9.53 Å². The first-order valence-corrected chi connectivity index (χ1v) is 10.1. The van der Waals surface area contributed by atoms with E-state index in [1.807, 2.05) is 44.2 Å². The summed E-state index contributed by atoms with van der Waals surface area (Å²) in [4.78, 5) is 21.8. The number of para-hydroxylation sites is 1. The lowest BCUT2D eigenvalue weighted by Gasteiger charge is -2.11. The van der Waals surface area contributed by atoms with Crippen molar-refractivity contribution in [3.8, 4) is 5.75 Å². The fourth-order valence-electron chi connectivity index (χ4n) is 3.32. The minimum atomic E-state index is -0.397. The Labute approximate surface area is 185 Å². The van der Waals surface area contributed by atoms with E-state index >= 15 is 0 Å². The molecule has 158 valence electrons. The van der Waals surface area contributed by atoms with Gasteiger partial charge in [0.25, 0.3) is 0 Å². The standard InChI is InChI=1S/C23H22ClN5O2/c1-14-20(28-23(30)27-19-7-5-4-6-18(19)24)12-21-22(25-14)29(15(2)26-21)13-16-8-10-17(31-3)11-9-16/h4-12H,13H2,1-3H3,(H2,27,28,30). The van der Waals surface area contributed by atoms with Gasteiger partial charge >= 0.3 is 6.03 Å². The Morgan fingerprint density at radius 2 is 1.74 bits per heavy atom. The smallest absolute Gasteiger partial charge is 0.323 e. The average Bonchev–Trinajstić information content (AvgIpc) is 3.04. The number of nitrogens with one attached hydrogen (secondary N) is 2. The number of anilines is 2. The van der Waals surface area contributed by atoms with Gasteiger partial charge < -0.3 is 19.9 Å². The summed E-state index contributed by atoms with van der Waals surface area (Å²) >= 11 is 6.11. The topological polar surface area (TPSA) is 81.1 Å². The maximum Gasteiger partial charge on any atom is 0.323 e. The van der Waals surface area contributed by atoms with Crippen LogP contribution in [-0.4, -0.2) is 27.7 Å². The first-order valence-electron chi connectivity index (χ1n) is 9.74. The highest BCUT2D eigenvalue weighted by atomic mass is 35.5. The number of aryl methyl sites for hydroxylation is 2. The van der Waals surface area contributed by atoms with Gasteiger partial charge in [0, 0.05) is 0 Å². The van der Waals surface area contributed by atoms with Crippen molar-refractivity contribution in [3.05, 3.63) is 76.7 Å². The van der Waals surface area contributed by atoms with Crippen molar-refractivity contribution in [3.63, 3.8) is 0 Å². The van der Waals surface area contributed by atoms with E-state index in [1.54, 1.807) is 31.4 Å². The number of fused-ring (bicyclic) bond motifs is 1. The number of nitrogens with zero attached hydrogens (tertiary/aromatic N) is 3. The van der Waals surface area contributed by atoms with Gasteiger partial charge in [-0.05, 0) is 49.7 Å². The van der Waals surface area contributed by atoms with Gasteiger partial charge in [0.2, 0.25) is 0 Å². The molecule has 4 rings (SSSR count). The lowest BCUT2D eigenvalue weighted by atomic mass is 10.2. The molecule has 2 heterocycles. The van der Waals surface area contributed by atoms with Crippen LogP contribution in [0.1, 0.15) is 17.1 Å². The van der Waals surface area contributed by atoms with Gasteiger partial charge in [0.15, 0.2) is 5.65 Å². The Hall–Kier alpha value is -3.58. The van der Waals surface area contributed by atoms with Crippen molar-refractivity contribution in [2.45, 2.75) is 20.4 Å². The number of carbonyl (C=O) groups is 1. The molecule has 0 aliphatic carbocycles. The summed E-state index contributed by atoms with van der Waals surface area (Å²) in [5.41, 5.74) is 4.41. The number of ether oxygens (including phenoxy) is 1. The van der Waals surface area contributed by atoms with Crippen LogP contribution in [0.5, 0.6) is 5.75 Å². The fraction of sp³-hybridized carbons (Fsp3) is 0.174. The van der Waals surface area contributed by atoms with Crippen molar-refractivity contribution in [1.29, 1.82) is 0 Å². The Bertz CT molecular complexity index is 1250. The summed E-state index contributed by atoms with van der Waals surface area (Å²) in [6.07, 6.45) is 0. The van der Waals surface area contributed by atoms with Crippen molar-refractivity contribution in [2.24, 2.45) is 0 Å². The molecule has 8 heteroatoms. The summed E-state index contributed by atoms with van der Waals surface area (Å²) in [5, 5.41) is 6.05. The van der Waals surface area contributed by atoms with Crippen LogP contribution in [0.2, 0.25) is 5.02 Å². The van der Waals surface area contributed by atoms with E-state index in [0.29, 0.717) is 34.2 Å². The molecule has 7 nitrogen and oxygen atoms in total. The number of amides is 2. The minimum absolute atomic E-state index is 0.397. The second-order valence-corrected chi connectivity index (χ2v) is 7.52. The molecule has 0 bridgehead atoms. The highest BCUT2D eigenvalue weighted by molar-refractivity contribution is 6.33. The lowest BCUT2D eigenvalue weighted by Crippen LogP contribution is -2.20. The second kappa shape index (κ2) is 8.65. The van der Waals surface area contributed by atoms with Crippen LogP contribution in [0, 0.1) is 13.8 Å². The Kier molecular flexibility index (Phi) is 5.77. The molecule has 0 atom stereocenters. The number of imidazole rings is 1. The molecule has 0 fully saturated rings. The maximum absolute atomic E-state index is 12.4. The van der Waals surface area contributed by atoms with E-state index < -0.39 is 6.03 Å². The SMILES string of the molecule is COc1ccc(Cn2c(C)nc3cc(NC(=O)Nc4ccccc4Cl)c(C)nc32)cc1. The molecule has 2 aromatic carbocycles. The second-order valence-electron chi connectivity index (χ2n) is 7.12. The molecule has 4 aromatic rings. The highest BCUT2D eigenvalue weighted by Gasteiger charge is 2.14. The van der Waals surface area contributed by atoms with Gasteiger partial charge in [-0.25, -0.2) is 14.8 Å². The maximum atomic E-state index is 12.4. The zero-order valence-corrected chi connectivity index (χ0v) is 18.2. The first kappa shape index (κ1) is 20.7. The summed E-state index contributed by atoms with van der Waals surface area (Å²) in [5.74, 6) is 1.66. The number of methoxy groups -OCH3 is 1. The summed E-state index contributed by atoms with van der Waals surface area (Å²) in [6.45, 7) is 4.43. The predicted molar refractivity (Wildman–Crippen MR) is 123 cm³/mol. The van der Waals surface area contributed by atoms with Crippen molar-refractivity contribution in [2.75, 3.05) is 17.7 Å². The largest absolute Gasteiger partial charge is 0.497 e. The van der Waals surface area contributed by atoms with E-state index in [0.717, 1.165) is 22.8 Å². The molecule has 0 aliphatic heterocycles. The lowest BCUT2D eigenvalue weighted by molar-refractivity contribution is 0.262. The summed E-state index contributed by atoms with van der Waals surface area (Å²) in [6, 6.07) is 16.4. The molecule has 0 aliphatic rings. The van der Waals surface area contributed by atoms with Crippen molar-refractivity contribution in [1.82, 2.24) is 14.5 Å². The predicted octanol–water partition coefficient (Wildman–Crippen LogP) is 5.40. The molecule has 2 aromatic heterocycles. The first-order chi connectivity index (χ1) is 14.9. The summed E-state index contributed by atoms with van der Waals surface area (Å²) in [7, 11) is 1.65. The van der Waals surface area contributed by atoms with Crippen LogP contribution in [0.15, 0.2) is 54.6 Å². The van der Waals surface area contributed by atoms with Gasteiger partial charge in [-0.3, -0.25) is 0 Å². The Morgan fingerprint density at radius 3 is 2.45 bits per heavy atom. The molecular weight excluding hydrogens is 414 g/mol. The Morgan fingerprint density at radius 1 is 1.03 bits per heavy atom.